The van der Waals surface area contributed by atoms with Gasteiger partial charge in [-0.25, -0.2) is 4.79 Å². The Labute approximate surface area is 102 Å². The lowest BCUT2D eigenvalue weighted by atomic mass is 10.2. The zero-order valence-corrected chi connectivity index (χ0v) is 10.2. The maximum Gasteiger partial charge on any atom is 0.330 e. The predicted octanol–water partition coefficient (Wildman–Crippen LogP) is 1.60. The number of hydrogen-bond donors (Lipinski definition) is 1. The van der Waals surface area contributed by atoms with Crippen LogP contribution < -0.4 is 0 Å². The summed E-state index contributed by atoms with van der Waals surface area (Å²) in [6, 6.07) is 0. The standard InChI is InChI=1S/C12H20O5/c1-3-15-7-8-17-10-9-16-6-4-5-11(2)12(13)14/h3,5H,1,4,6-10H2,2H3,(H,13,14)/b11-5+. The second kappa shape index (κ2) is 11.2. The molecule has 0 aliphatic heterocycles. The third-order valence-corrected chi connectivity index (χ3v) is 1.89. The lowest BCUT2D eigenvalue weighted by Crippen LogP contribution is -2.08. The molecule has 0 aromatic carbocycles. The maximum absolute atomic E-state index is 10.4. The molecule has 0 aromatic rings. The zero-order valence-electron chi connectivity index (χ0n) is 10.2. The predicted molar refractivity (Wildman–Crippen MR) is 63.8 cm³/mol. The lowest BCUT2D eigenvalue weighted by molar-refractivity contribution is -0.132. The zero-order chi connectivity index (χ0) is 12.9. The number of ether oxygens (including phenoxy) is 3. The topological polar surface area (TPSA) is 65.0 Å². The van der Waals surface area contributed by atoms with Crippen molar-refractivity contribution in [3.63, 3.8) is 0 Å². The second-order valence-electron chi connectivity index (χ2n) is 3.24. The summed E-state index contributed by atoms with van der Waals surface area (Å²) in [7, 11) is 0. The maximum atomic E-state index is 10.4. The molecule has 0 spiro atoms. The molecular weight excluding hydrogens is 224 g/mol. The fourth-order valence-corrected chi connectivity index (χ4v) is 0.958. The normalized spacial score (nSPS) is 11.2. The van der Waals surface area contributed by atoms with Gasteiger partial charge in [0.1, 0.15) is 6.61 Å². The van der Waals surface area contributed by atoms with E-state index < -0.39 is 5.97 Å². The van der Waals surface area contributed by atoms with Crippen molar-refractivity contribution in [2.24, 2.45) is 0 Å². The van der Waals surface area contributed by atoms with Crippen LogP contribution in [0, 0.1) is 0 Å². The Morgan fingerprint density at radius 2 is 1.76 bits per heavy atom. The Hall–Kier alpha value is -1.33. The first-order valence-electron chi connectivity index (χ1n) is 5.46. The Bertz CT molecular complexity index is 247. The fourth-order valence-electron chi connectivity index (χ4n) is 0.958. The van der Waals surface area contributed by atoms with E-state index in [4.69, 9.17) is 19.3 Å². The molecule has 98 valence electrons. The molecule has 0 rings (SSSR count). The van der Waals surface area contributed by atoms with Gasteiger partial charge in [-0.05, 0) is 13.3 Å². The Morgan fingerprint density at radius 1 is 1.18 bits per heavy atom. The van der Waals surface area contributed by atoms with Gasteiger partial charge in [-0.2, -0.15) is 0 Å². The molecule has 0 aromatic heterocycles. The molecule has 0 aliphatic carbocycles. The van der Waals surface area contributed by atoms with Crippen LogP contribution in [0.5, 0.6) is 0 Å². The van der Waals surface area contributed by atoms with Gasteiger partial charge < -0.3 is 19.3 Å². The quantitative estimate of drug-likeness (QED) is 0.340. The first-order valence-corrected chi connectivity index (χ1v) is 5.46. The summed E-state index contributed by atoms with van der Waals surface area (Å²) < 4.78 is 15.3. The van der Waals surface area contributed by atoms with Gasteiger partial charge in [0, 0.05) is 5.57 Å². The average Bonchev–Trinajstić information content (AvgIpc) is 2.31. The van der Waals surface area contributed by atoms with E-state index in [1.807, 2.05) is 0 Å². The third kappa shape index (κ3) is 10.9. The van der Waals surface area contributed by atoms with Crippen LogP contribution in [0.15, 0.2) is 24.5 Å². The molecule has 17 heavy (non-hydrogen) atoms. The summed E-state index contributed by atoms with van der Waals surface area (Å²) >= 11 is 0. The molecule has 0 amide bonds. The van der Waals surface area contributed by atoms with Crippen molar-refractivity contribution in [1.29, 1.82) is 0 Å². The molecule has 0 saturated heterocycles. The molecule has 0 unspecified atom stereocenters. The van der Waals surface area contributed by atoms with Crippen molar-refractivity contribution in [3.8, 4) is 0 Å². The number of hydrogen-bond acceptors (Lipinski definition) is 4. The molecule has 5 heteroatoms. The van der Waals surface area contributed by atoms with Crippen LogP contribution in [-0.2, 0) is 19.0 Å². The second-order valence-corrected chi connectivity index (χ2v) is 3.24. The largest absolute Gasteiger partial charge is 0.499 e. The van der Waals surface area contributed by atoms with Gasteiger partial charge >= 0.3 is 5.97 Å². The van der Waals surface area contributed by atoms with Gasteiger partial charge in [-0.3, -0.25) is 0 Å². The number of carboxylic acid groups (broad SMARTS) is 1. The van der Waals surface area contributed by atoms with Gasteiger partial charge in [0.25, 0.3) is 0 Å². The van der Waals surface area contributed by atoms with Crippen molar-refractivity contribution >= 4 is 5.97 Å². The molecule has 0 heterocycles. The highest BCUT2D eigenvalue weighted by Crippen LogP contribution is 1.95. The first-order chi connectivity index (χ1) is 8.18. The molecule has 5 nitrogen and oxygen atoms in total. The Morgan fingerprint density at radius 3 is 2.35 bits per heavy atom. The van der Waals surface area contributed by atoms with Gasteiger partial charge in [0.2, 0.25) is 0 Å². The monoisotopic (exact) mass is 244 g/mol. The van der Waals surface area contributed by atoms with Crippen LogP contribution in [0.4, 0.5) is 0 Å². The van der Waals surface area contributed by atoms with Gasteiger partial charge in [-0.1, -0.05) is 12.7 Å². The van der Waals surface area contributed by atoms with Crippen LogP contribution in [-0.4, -0.2) is 44.1 Å². The van der Waals surface area contributed by atoms with Crippen molar-refractivity contribution in [1.82, 2.24) is 0 Å². The summed E-state index contributed by atoms with van der Waals surface area (Å²) in [4.78, 5) is 10.4. The van der Waals surface area contributed by atoms with Crippen LogP contribution in [0.3, 0.4) is 0 Å². The minimum atomic E-state index is -0.893. The van der Waals surface area contributed by atoms with Crippen LogP contribution >= 0.6 is 0 Å². The SMILES string of the molecule is C=COCCOCCOCC/C=C(\C)C(=O)O. The van der Waals surface area contributed by atoms with E-state index in [2.05, 4.69) is 6.58 Å². The summed E-state index contributed by atoms with van der Waals surface area (Å²) in [5.74, 6) is -0.893. The minimum Gasteiger partial charge on any atom is -0.499 e. The average molecular weight is 244 g/mol. The van der Waals surface area contributed by atoms with Crippen molar-refractivity contribution in [3.05, 3.63) is 24.5 Å². The highest BCUT2D eigenvalue weighted by Gasteiger charge is 1.97. The first kappa shape index (κ1) is 15.7. The molecule has 0 bridgehead atoms. The van der Waals surface area contributed by atoms with Gasteiger partial charge in [0.05, 0.1) is 32.7 Å². The van der Waals surface area contributed by atoms with Crippen LogP contribution in [0.25, 0.3) is 0 Å². The third-order valence-electron chi connectivity index (χ3n) is 1.89. The van der Waals surface area contributed by atoms with Gasteiger partial charge in [-0.15, -0.1) is 0 Å². The molecule has 1 N–H and O–H groups in total. The van der Waals surface area contributed by atoms with E-state index in [9.17, 15) is 4.79 Å². The van der Waals surface area contributed by atoms with E-state index in [1.165, 1.54) is 6.26 Å². The molecule has 0 atom stereocenters. The Kier molecular flexibility index (Phi) is 10.3. The van der Waals surface area contributed by atoms with E-state index >= 15 is 0 Å². The van der Waals surface area contributed by atoms with Crippen LogP contribution in [0.1, 0.15) is 13.3 Å². The molecular formula is C12H20O5. The molecule has 0 aliphatic rings. The molecule has 0 radical (unpaired) electrons. The smallest absolute Gasteiger partial charge is 0.330 e. The van der Waals surface area contributed by atoms with E-state index in [0.717, 1.165) is 0 Å². The van der Waals surface area contributed by atoms with Crippen molar-refractivity contribution in [2.45, 2.75) is 13.3 Å². The fraction of sp³-hybridized carbons (Fsp3) is 0.583. The Balaban J connectivity index is 3.21. The lowest BCUT2D eigenvalue weighted by Gasteiger charge is -2.04. The summed E-state index contributed by atoms with van der Waals surface area (Å²) in [5, 5.41) is 8.58. The highest BCUT2D eigenvalue weighted by atomic mass is 16.5. The molecule has 0 saturated carbocycles. The number of rotatable bonds is 11. The van der Waals surface area contributed by atoms with Crippen molar-refractivity contribution < 1.29 is 24.1 Å². The van der Waals surface area contributed by atoms with Crippen molar-refractivity contribution in [2.75, 3.05) is 33.0 Å². The highest BCUT2D eigenvalue weighted by molar-refractivity contribution is 5.85. The van der Waals surface area contributed by atoms with E-state index in [0.29, 0.717) is 45.0 Å². The van der Waals surface area contributed by atoms with Gasteiger partial charge in [0.15, 0.2) is 0 Å². The molecule has 0 fully saturated rings. The summed E-state index contributed by atoms with van der Waals surface area (Å²) in [6.07, 6.45) is 3.61. The summed E-state index contributed by atoms with van der Waals surface area (Å²) in [6.45, 7) is 7.46. The minimum absolute atomic E-state index is 0.339. The number of carbonyl (C=O) groups is 1. The van der Waals surface area contributed by atoms with E-state index in [-0.39, 0.29) is 0 Å². The van der Waals surface area contributed by atoms with Crippen LogP contribution in [0.2, 0.25) is 0 Å². The number of carboxylic acids is 1. The van der Waals surface area contributed by atoms with E-state index in [1.54, 1.807) is 13.0 Å². The number of aliphatic carboxylic acids is 1. The summed E-state index contributed by atoms with van der Waals surface area (Å²) in [5.41, 5.74) is 0.339.